The van der Waals surface area contributed by atoms with Crippen LogP contribution in [0.25, 0.3) is 0 Å². The van der Waals surface area contributed by atoms with E-state index in [4.69, 9.17) is 10.5 Å². The Morgan fingerprint density at radius 2 is 1.72 bits per heavy atom. The van der Waals surface area contributed by atoms with Crippen LogP contribution in [0.5, 0.6) is 0 Å². The largest absolute Gasteiger partial charge is 0.444 e. The van der Waals surface area contributed by atoms with Gasteiger partial charge >= 0.3 is 12.1 Å². The molecule has 0 bridgehead atoms. The number of amides is 3. The van der Waals surface area contributed by atoms with E-state index in [2.05, 4.69) is 4.84 Å². The van der Waals surface area contributed by atoms with Crippen molar-refractivity contribution in [2.24, 2.45) is 11.7 Å². The smallest absolute Gasteiger partial charge is 0.410 e. The summed E-state index contributed by atoms with van der Waals surface area (Å²) in [5.41, 5.74) is 4.87. The number of nitrogens with one attached hydrogen (secondary N) is 1. The first-order chi connectivity index (χ1) is 16.7. The van der Waals surface area contributed by atoms with E-state index >= 15 is 0 Å². The number of hydrogen-bond acceptors (Lipinski definition) is 9. The van der Waals surface area contributed by atoms with Crippen molar-refractivity contribution in [2.45, 2.75) is 90.4 Å². The average Bonchev–Trinajstić information content (AvgIpc) is 2.81. The van der Waals surface area contributed by atoms with Crippen LogP contribution in [0.1, 0.15) is 79.6 Å². The summed E-state index contributed by atoms with van der Waals surface area (Å²) in [6.07, 6.45) is 2.66. The highest BCUT2D eigenvalue weighted by Crippen LogP contribution is 2.24. The number of rotatable bonds is 12. The van der Waals surface area contributed by atoms with Crippen molar-refractivity contribution >= 4 is 33.9 Å². The fraction of sp³-hybridized carbons (Fsp3) is 0.826. The monoisotopic (exact) mass is 534 g/mol. The molecule has 1 aliphatic rings. The number of carbonyl (C=O) groups excluding carboxylic acids is 4. The Labute approximate surface area is 214 Å². The maximum atomic E-state index is 12.6. The van der Waals surface area contributed by atoms with Crippen molar-refractivity contribution in [3.63, 3.8) is 0 Å². The standard InChI is InChI=1S/C23H42N4O8S/c1-6-17(2)36(32,33)25-35-21(30)12-15-27(20(29)16-24)19(28)9-7-8-18-10-13-26(14-11-18)22(31)34-23(3,4)5/h17-18,25H,6-16,24H2,1-5H3/t17-/m0/s1. The van der Waals surface area contributed by atoms with Gasteiger partial charge in [0.05, 0.1) is 18.2 Å². The summed E-state index contributed by atoms with van der Waals surface area (Å²) in [6.45, 7) is 9.16. The summed E-state index contributed by atoms with van der Waals surface area (Å²) in [4.78, 5) is 57.9. The van der Waals surface area contributed by atoms with Crippen molar-refractivity contribution < 1.29 is 37.2 Å². The quantitative estimate of drug-likeness (QED) is 0.354. The van der Waals surface area contributed by atoms with E-state index in [1.54, 1.807) is 16.7 Å². The SMILES string of the molecule is CC[C@H](C)S(=O)(=O)NOC(=O)CCN(C(=O)CN)C(=O)CCCC1CCN(C(=O)OC(C)(C)C)CC1. The van der Waals surface area contributed by atoms with Gasteiger partial charge in [0.15, 0.2) is 0 Å². The van der Waals surface area contributed by atoms with Gasteiger partial charge in [0.1, 0.15) is 5.60 Å². The van der Waals surface area contributed by atoms with E-state index < -0.39 is 45.2 Å². The molecule has 1 fully saturated rings. The summed E-state index contributed by atoms with van der Waals surface area (Å²) in [5, 5.41) is -0.744. The van der Waals surface area contributed by atoms with Crippen LogP contribution in [-0.2, 0) is 34.0 Å². The molecule has 3 amide bonds. The third-order valence-electron chi connectivity index (χ3n) is 5.96. The lowest BCUT2D eigenvalue weighted by molar-refractivity contribution is -0.149. The number of hydrogen-bond donors (Lipinski definition) is 2. The van der Waals surface area contributed by atoms with E-state index in [0.29, 0.717) is 31.8 Å². The molecule has 1 heterocycles. The molecule has 0 radical (unpaired) electrons. The molecule has 208 valence electrons. The lowest BCUT2D eigenvalue weighted by Crippen LogP contribution is -2.42. The highest BCUT2D eigenvalue weighted by molar-refractivity contribution is 7.89. The van der Waals surface area contributed by atoms with Gasteiger partial charge in [-0.25, -0.2) is 13.2 Å². The zero-order valence-corrected chi connectivity index (χ0v) is 22.9. The van der Waals surface area contributed by atoms with Crippen molar-refractivity contribution in [1.29, 1.82) is 0 Å². The second-order valence-corrected chi connectivity index (χ2v) is 12.1. The molecule has 0 unspecified atom stereocenters. The molecule has 0 aromatic rings. The predicted octanol–water partition coefficient (Wildman–Crippen LogP) is 1.68. The predicted molar refractivity (Wildman–Crippen MR) is 133 cm³/mol. The van der Waals surface area contributed by atoms with Gasteiger partial charge in [0.25, 0.3) is 0 Å². The van der Waals surface area contributed by atoms with Crippen LogP contribution < -0.4 is 10.6 Å². The molecule has 0 aromatic heterocycles. The fourth-order valence-electron chi connectivity index (χ4n) is 3.57. The number of nitrogens with two attached hydrogens (primary N) is 1. The molecule has 1 rings (SSSR count). The molecule has 0 spiro atoms. The van der Waals surface area contributed by atoms with Crippen molar-refractivity contribution in [1.82, 2.24) is 14.7 Å². The minimum atomic E-state index is -3.81. The first-order valence-electron chi connectivity index (χ1n) is 12.4. The third-order valence-corrected chi connectivity index (χ3v) is 7.67. The normalized spacial score (nSPS) is 15.8. The van der Waals surface area contributed by atoms with E-state index in [-0.39, 0.29) is 25.5 Å². The summed E-state index contributed by atoms with van der Waals surface area (Å²) in [5.74, 6) is -1.65. The van der Waals surface area contributed by atoms with Gasteiger partial charge in [0, 0.05) is 26.1 Å². The Kier molecular flexibility index (Phi) is 12.8. The number of sulfonamides is 1. The highest BCUT2D eigenvalue weighted by atomic mass is 32.2. The maximum absolute atomic E-state index is 12.6. The van der Waals surface area contributed by atoms with Gasteiger partial charge in [-0.2, -0.15) is 0 Å². The van der Waals surface area contributed by atoms with Crippen LogP contribution in [-0.4, -0.2) is 79.1 Å². The summed E-state index contributed by atoms with van der Waals surface area (Å²) in [6, 6.07) is 0. The molecule has 1 aliphatic heterocycles. The van der Waals surface area contributed by atoms with Gasteiger partial charge in [-0.3, -0.25) is 19.3 Å². The molecular weight excluding hydrogens is 492 g/mol. The van der Waals surface area contributed by atoms with E-state index in [0.717, 1.165) is 24.2 Å². The Balaban J connectivity index is 2.46. The Bertz CT molecular complexity index is 864. The second-order valence-electron chi connectivity index (χ2n) is 10.0. The zero-order chi connectivity index (χ0) is 27.5. The van der Waals surface area contributed by atoms with E-state index in [9.17, 15) is 27.6 Å². The Morgan fingerprint density at radius 1 is 1.11 bits per heavy atom. The summed E-state index contributed by atoms with van der Waals surface area (Å²) in [7, 11) is -3.81. The molecule has 13 heteroatoms. The van der Waals surface area contributed by atoms with Crippen LogP contribution in [0.2, 0.25) is 0 Å². The molecule has 0 saturated carbocycles. The zero-order valence-electron chi connectivity index (χ0n) is 22.1. The molecule has 0 aromatic carbocycles. The maximum Gasteiger partial charge on any atom is 0.410 e. The minimum Gasteiger partial charge on any atom is -0.444 e. The van der Waals surface area contributed by atoms with Gasteiger partial charge < -0.3 is 20.2 Å². The van der Waals surface area contributed by atoms with Crippen LogP contribution in [0.3, 0.4) is 0 Å². The highest BCUT2D eigenvalue weighted by Gasteiger charge is 2.28. The number of carbonyl (C=O) groups is 4. The second kappa shape index (κ2) is 14.5. The lowest BCUT2D eigenvalue weighted by atomic mass is 9.91. The molecule has 36 heavy (non-hydrogen) atoms. The summed E-state index contributed by atoms with van der Waals surface area (Å²) >= 11 is 0. The molecule has 1 saturated heterocycles. The molecule has 3 N–H and O–H groups in total. The summed E-state index contributed by atoms with van der Waals surface area (Å²) < 4.78 is 29.1. The molecule has 1 atom stereocenters. The number of imide groups is 1. The fourth-order valence-corrected chi connectivity index (χ4v) is 4.38. The van der Waals surface area contributed by atoms with Gasteiger partial charge in [-0.05, 0) is 70.6 Å². The van der Waals surface area contributed by atoms with Crippen molar-refractivity contribution in [3.8, 4) is 0 Å². The van der Waals surface area contributed by atoms with Crippen molar-refractivity contribution in [2.75, 3.05) is 26.2 Å². The first-order valence-corrected chi connectivity index (χ1v) is 14.0. The van der Waals surface area contributed by atoms with Crippen LogP contribution in [0.4, 0.5) is 4.79 Å². The number of likely N-dealkylation sites (tertiary alicyclic amines) is 1. The van der Waals surface area contributed by atoms with Gasteiger partial charge in [-0.1, -0.05) is 6.92 Å². The van der Waals surface area contributed by atoms with Crippen molar-refractivity contribution in [3.05, 3.63) is 0 Å². The van der Waals surface area contributed by atoms with Crippen LogP contribution >= 0.6 is 0 Å². The number of ether oxygens (including phenoxy) is 1. The van der Waals surface area contributed by atoms with Gasteiger partial charge in [0.2, 0.25) is 21.8 Å². The Morgan fingerprint density at radius 3 is 2.25 bits per heavy atom. The number of nitrogens with zero attached hydrogens (tertiary/aromatic N) is 2. The molecular formula is C23H42N4O8S. The minimum absolute atomic E-state index is 0.105. The third kappa shape index (κ3) is 11.2. The van der Waals surface area contributed by atoms with Crippen LogP contribution in [0, 0.1) is 5.92 Å². The van der Waals surface area contributed by atoms with E-state index in [1.807, 2.05) is 20.8 Å². The topological polar surface area (TPSA) is 165 Å². The first kappa shape index (κ1) is 31.8. The Hall–Kier alpha value is -2.25. The molecule has 0 aliphatic carbocycles. The van der Waals surface area contributed by atoms with Crippen LogP contribution in [0.15, 0.2) is 0 Å². The molecule has 12 nitrogen and oxygen atoms in total. The number of piperidine rings is 1. The lowest BCUT2D eigenvalue weighted by Gasteiger charge is -2.33. The average molecular weight is 535 g/mol. The van der Waals surface area contributed by atoms with E-state index in [1.165, 1.54) is 6.92 Å². The van der Waals surface area contributed by atoms with Gasteiger partial charge in [-0.15, -0.1) is 0 Å².